The summed E-state index contributed by atoms with van der Waals surface area (Å²) in [6, 6.07) is 1.66. The van der Waals surface area contributed by atoms with E-state index in [1.54, 1.807) is 18.3 Å². The summed E-state index contributed by atoms with van der Waals surface area (Å²) in [5.41, 5.74) is 0.665. The minimum Gasteiger partial charge on any atom is -0.328 e. The molecule has 0 amide bonds. The van der Waals surface area contributed by atoms with Crippen molar-refractivity contribution in [2.75, 3.05) is 0 Å². The molecule has 0 aliphatic rings. The van der Waals surface area contributed by atoms with Gasteiger partial charge in [-0.05, 0) is 11.6 Å². The summed E-state index contributed by atoms with van der Waals surface area (Å²) < 4.78 is 0. The number of fused-ring (bicyclic) bond motifs is 1. The van der Waals surface area contributed by atoms with Gasteiger partial charge in [0.15, 0.2) is 0 Å². The van der Waals surface area contributed by atoms with Crippen LogP contribution in [0, 0.1) is 0 Å². The van der Waals surface area contributed by atoms with Crippen molar-refractivity contribution in [1.82, 2.24) is 9.97 Å². The lowest BCUT2D eigenvalue weighted by molar-refractivity contribution is 1.25. The Hall–Kier alpha value is -1.61. The molecule has 70 valence electrons. The van der Waals surface area contributed by atoms with Crippen LogP contribution in [-0.4, -0.2) is 9.97 Å². The fraction of sp³-hybridized carbons (Fsp3) is 0. The Labute approximate surface area is 85.1 Å². The van der Waals surface area contributed by atoms with Crippen LogP contribution in [0.25, 0.3) is 16.8 Å². The zero-order chi connectivity index (χ0) is 10.1. The van der Waals surface area contributed by atoms with Gasteiger partial charge in [0.05, 0.1) is 5.39 Å². The highest BCUT2D eigenvalue weighted by Crippen LogP contribution is 2.17. The van der Waals surface area contributed by atoms with E-state index in [9.17, 15) is 4.79 Å². The van der Waals surface area contributed by atoms with Crippen LogP contribution in [0.4, 0.5) is 0 Å². The Morgan fingerprint density at radius 2 is 2.29 bits per heavy atom. The van der Waals surface area contributed by atoms with Gasteiger partial charge in [-0.3, -0.25) is 4.79 Å². The molecule has 4 heteroatoms. The Balaban J connectivity index is 2.99. The van der Waals surface area contributed by atoms with E-state index in [0.29, 0.717) is 10.5 Å². The van der Waals surface area contributed by atoms with Crippen molar-refractivity contribution in [2.24, 2.45) is 0 Å². The van der Waals surface area contributed by atoms with Gasteiger partial charge in [-0.25, -0.2) is 4.98 Å². The van der Waals surface area contributed by atoms with Gasteiger partial charge in [0.25, 0.3) is 5.56 Å². The molecule has 0 aliphatic heterocycles. The molecule has 0 bridgehead atoms. The third-order valence-corrected chi connectivity index (χ3v) is 2.21. The maximum atomic E-state index is 11.4. The maximum Gasteiger partial charge on any atom is 0.257 e. The number of hydrogen-bond acceptors (Lipinski definition) is 2. The summed E-state index contributed by atoms with van der Waals surface area (Å²) in [5.74, 6) is 0. The first-order valence-electron chi connectivity index (χ1n) is 4.02. The zero-order valence-corrected chi connectivity index (χ0v) is 8.01. The molecule has 2 heterocycles. The van der Waals surface area contributed by atoms with Crippen LogP contribution in [0.15, 0.2) is 29.8 Å². The second-order valence-corrected chi connectivity index (χ2v) is 3.22. The third-order valence-electron chi connectivity index (χ3n) is 2.00. The van der Waals surface area contributed by atoms with Gasteiger partial charge in [0.2, 0.25) is 0 Å². The number of H-pyrrole nitrogens is 1. The number of hydrogen-bond donors (Lipinski definition) is 1. The van der Waals surface area contributed by atoms with Gasteiger partial charge in [-0.15, -0.1) is 0 Å². The second-order valence-electron chi connectivity index (χ2n) is 2.83. The summed E-state index contributed by atoms with van der Waals surface area (Å²) in [6.07, 6.45) is 4.73. The van der Waals surface area contributed by atoms with Gasteiger partial charge in [0, 0.05) is 17.8 Å². The molecular weight excluding hydrogens is 200 g/mol. The van der Waals surface area contributed by atoms with Crippen LogP contribution >= 0.6 is 11.6 Å². The molecule has 0 radical (unpaired) electrons. The lowest BCUT2D eigenvalue weighted by Gasteiger charge is -2.00. The van der Waals surface area contributed by atoms with E-state index in [1.165, 1.54) is 6.20 Å². The molecule has 0 spiro atoms. The van der Waals surface area contributed by atoms with Crippen LogP contribution in [0.3, 0.4) is 0 Å². The lowest BCUT2D eigenvalue weighted by Crippen LogP contribution is -2.06. The number of nitrogens with zero attached hydrogens (tertiary/aromatic N) is 1. The molecule has 2 aromatic rings. The van der Waals surface area contributed by atoms with Crippen molar-refractivity contribution < 1.29 is 0 Å². The van der Waals surface area contributed by atoms with E-state index in [4.69, 9.17) is 11.6 Å². The summed E-state index contributed by atoms with van der Waals surface area (Å²) in [7, 11) is 0. The highest BCUT2D eigenvalue weighted by molar-refractivity contribution is 6.30. The van der Waals surface area contributed by atoms with E-state index in [0.717, 1.165) is 10.9 Å². The van der Waals surface area contributed by atoms with Crippen molar-refractivity contribution in [1.29, 1.82) is 0 Å². The van der Waals surface area contributed by atoms with Crippen molar-refractivity contribution in [3.05, 3.63) is 46.1 Å². The molecule has 1 N–H and O–H groups in total. The lowest BCUT2D eigenvalue weighted by atomic mass is 10.1. The Kier molecular flexibility index (Phi) is 2.09. The quantitative estimate of drug-likeness (QED) is 0.728. The average Bonchev–Trinajstić information content (AvgIpc) is 2.18. The van der Waals surface area contributed by atoms with Crippen LogP contribution in [0.2, 0.25) is 5.15 Å². The Morgan fingerprint density at radius 3 is 3.00 bits per heavy atom. The van der Waals surface area contributed by atoms with Crippen LogP contribution in [0.5, 0.6) is 0 Å². The van der Waals surface area contributed by atoms with Crippen LogP contribution in [-0.2, 0) is 0 Å². The fourth-order valence-corrected chi connectivity index (χ4v) is 1.48. The fourth-order valence-electron chi connectivity index (χ4n) is 1.32. The summed E-state index contributed by atoms with van der Waals surface area (Å²) in [4.78, 5) is 17.8. The van der Waals surface area contributed by atoms with Crippen LogP contribution < -0.4 is 5.56 Å². The predicted molar refractivity (Wildman–Crippen MR) is 57.5 cm³/mol. The van der Waals surface area contributed by atoms with E-state index in [2.05, 4.69) is 16.5 Å². The average molecular weight is 207 g/mol. The van der Waals surface area contributed by atoms with Gasteiger partial charge >= 0.3 is 0 Å². The summed E-state index contributed by atoms with van der Waals surface area (Å²) >= 11 is 5.74. The number of aromatic amines is 1. The van der Waals surface area contributed by atoms with Gasteiger partial charge < -0.3 is 4.98 Å². The maximum absolute atomic E-state index is 11.4. The van der Waals surface area contributed by atoms with E-state index in [1.807, 2.05) is 0 Å². The van der Waals surface area contributed by atoms with Gasteiger partial charge in [-0.1, -0.05) is 24.3 Å². The van der Waals surface area contributed by atoms with Crippen molar-refractivity contribution >= 4 is 28.4 Å². The second kappa shape index (κ2) is 3.27. The molecular formula is C10H7ClN2O. The molecule has 14 heavy (non-hydrogen) atoms. The molecule has 0 aliphatic carbocycles. The first-order chi connectivity index (χ1) is 6.72. The molecule has 2 aromatic heterocycles. The van der Waals surface area contributed by atoms with Crippen molar-refractivity contribution in [3.63, 3.8) is 0 Å². The molecule has 0 saturated heterocycles. The standard InChI is InChI=1S/C10H7ClN2O/c1-2-6-4-13-10(14)8-5-12-9(11)3-7(6)8/h2-5H,1H2,(H,13,14). The third kappa shape index (κ3) is 1.32. The first-order valence-corrected chi connectivity index (χ1v) is 4.39. The zero-order valence-electron chi connectivity index (χ0n) is 7.25. The Morgan fingerprint density at radius 1 is 1.50 bits per heavy atom. The predicted octanol–water partition coefficient (Wildman–Crippen LogP) is 2.22. The number of aromatic nitrogens is 2. The van der Waals surface area contributed by atoms with Crippen LogP contribution in [0.1, 0.15) is 5.56 Å². The summed E-state index contributed by atoms with van der Waals surface area (Å²) in [5, 5.41) is 1.65. The van der Waals surface area contributed by atoms with Crippen molar-refractivity contribution in [2.45, 2.75) is 0 Å². The monoisotopic (exact) mass is 206 g/mol. The molecule has 0 unspecified atom stereocenters. The molecule has 0 fully saturated rings. The molecule has 3 nitrogen and oxygen atoms in total. The van der Waals surface area contributed by atoms with Gasteiger partial charge in [0.1, 0.15) is 5.15 Å². The molecule has 2 rings (SSSR count). The molecule has 0 saturated carbocycles. The number of pyridine rings is 2. The Bertz CT molecular complexity index is 560. The minimum atomic E-state index is -0.172. The number of halogens is 1. The van der Waals surface area contributed by atoms with E-state index >= 15 is 0 Å². The SMILES string of the molecule is C=Cc1c[nH]c(=O)c2cnc(Cl)cc12. The number of rotatable bonds is 1. The minimum absolute atomic E-state index is 0.172. The highest BCUT2D eigenvalue weighted by Gasteiger charge is 2.03. The van der Waals surface area contributed by atoms with Gasteiger partial charge in [-0.2, -0.15) is 0 Å². The smallest absolute Gasteiger partial charge is 0.257 e. The van der Waals surface area contributed by atoms with E-state index < -0.39 is 0 Å². The first kappa shape index (κ1) is 8.97. The van der Waals surface area contributed by atoms with E-state index in [-0.39, 0.29) is 5.56 Å². The molecule has 0 aromatic carbocycles. The summed E-state index contributed by atoms with van der Waals surface area (Å²) in [6.45, 7) is 3.65. The molecule has 0 atom stereocenters. The number of nitrogens with one attached hydrogen (secondary N) is 1. The largest absolute Gasteiger partial charge is 0.328 e. The van der Waals surface area contributed by atoms with Crippen molar-refractivity contribution in [3.8, 4) is 0 Å². The topological polar surface area (TPSA) is 45.8 Å². The normalized spacial score (nSPS) is 10.4. The highest BCUT2D eigenvalue weighted by atomic mass is 35.5.